The minimum Gasteiger partial charge on any atom is -0.444 e. The van der Waals surface area contributed by atoms with Gasteiger partial charge in [0.25, 0.3) is 0 Å². The van der Waals surface area contributed by atoms with Crippen LogP contribution in [0.3, 0.4) is 0 Å². The van der Waals surface area contributed by atoms with Crippen molar-refractivity contribution in [3.63, 3.8) is 0 Å². The molecule has 0 spiro atoms. The summed E-state index contributed by atoms with van der Waals surface area (Å²) in [7, 11) is 0. The van der Waals surface area contributed by atoms with Crippen LogP contribution < -0.4 is 0 Å². The normalized spacial score (nSPS) is 27.8. The van der Waals surface area contributed by atoms with Crippen molar-refractivity contribution >= 4 is 6.09 Å². The number of amides is 1. The van der Waals surface area contributed by atoms with Gasteiger partial charge in [0.2, 0.25) is 0 Å². The summed E-state index contributed by atoms with van der Waals surface area (Å²) in [4.78, 5) is 14.2. The van der Waals surface area contributed by atoms with Crippen molar-refractivity contribution in [2.75, 3.05) is 6.54 Å². The highest BCUT2D eigenvalue weighted by Crippen LogP contribution is 2.45. The number of ether oxygens (including phenoxy) is 2. The summed E-state index contributed by atoms with van der Waals surface area (Å²) in [6, 6.07) is 8.55. The van der Waals surface area contributed by atoms with Gasteiger partial charge in [-0.3, -0.25) is 0 Å². The number of aryl methyl sites for hydroxylation is 1. The van der Waals surface area contributed by atoms with Gasteiger partial charge >= 0.3 is 6.09 Å². The van der Waals surface area contributed by atoms with Gasteiger partial charge in [0.15, 0.2) is 0 Å². The summed E-state index contributed by atoms with van der Waals surface area (Å²) in [6.45, 7) is 8.56. The fourth-order valence-electron chi connectivity index (χ4n) is 3.21. The van der Waals surface area contributed by atoms with Crippen LogP contribution in [0.1, 0.15) is 50.8 Å². The van der Waals surface area contributed by atoms with Gasteiger partial charge in [0, 0.05) is 6.54 Å². The fourth-order valence-corrected chi connectivity index (χ4v) is 3.21. The van der Waals surface area contributed by atoms with Crippen molar-refractivity contribution in [3.05, 3.63) is 35.4 Å². The lowest BCUT2D eigenvalue weighted by Gasteiger charge is -2.28. The highest BCUT2D eigenvalue weighted by molar-refractivity contribution is 5.69. The van der Waals surface area contributed by atoms with Crippen LogP contribution in [0.15, 0.2) is 24.3 Å². The van der Waals surface area contributed by atoms with Crippen molar-refractivity contribution in [2.45, 2.75) is 64.4 Å². The Morgan fingerprint density at radius 2 is 2.14 bits per heavy atom. The van der Waals surface area contributed by atoms with Crippen LogP contribution in [0, 0.1) is 6.92 Å². The van der Waals surface area contributed by atoms with Gasteiger partial charge in [-0.15, -0.1) is 0 Å². The first-order valence-electron chi connectivity index (χ1n) is 8.07. The summed E-state index contributed by atoms with van der Waals surface area (Å²) < 4.78 is 11.4. The number of carbonyl (C=O) groups is 1. The minimum atomic E-state index is -0.454. The number of hydrogen-bond acceptors (Lipinski definition) is 3. The maximum Gasteiger partial charge on any atom is 0.410 e. The van der Waals surface area contributed by atoms with E-state index < -0.39 is 5.60 Å². The van der Waals surface area contributed by atoms with E-state index in [0.29, 0.717) is 0 Å². The number of hydrogen-bond donors (Lipinski definition) is 0. The summed E-state index contributed by atoms with van der Waals surface area (Å²) in [5, 5.41) is 0. The molecule has 120 valence electrons. The van der Waals surface area contributed by atoms with Crippen molar-refractivity contribution in [2.24, 2.45) is 0 Å². The van der Waals surface area contributed by atoms with Crippen molar-refractivity contribution in [1.82, 2.24) is 4.90 Å². The molecule has 1 aromatic rings. The van der Waals surface area contributed by atoms with Crippen LogP contribution >= 0.6 is 0 Å². The molecule has 0 saturated carbocycles. The molecule has 0 radical (unpaired) electrons. The summed E-state index contributed by atoms with van der Waals surface area (Å²) in [6.07, 6.45) is 2.02. The molecule has 3 rings (SSSR count). The lowest BCUT2D eigenvalue weighted by atomic mass is 10.0. The van der Waals surface area contributed by atoms with Crippen LogP contribution in [0.5, 0.6) is 0 Å². The largest absolute Gasteiger partial charge is 0.444 e. The Morgan fingerprint density at radius 3 is 2.82 bits per heavy atom. The molecule has 22 heavy (non-hydrogen) atoms. The molecular formula is C18H25NO3. The summed E-state index contributed by atoms with van der Waals surface area (Å²) in [5.74, 6) is 0. The van der Waals surface area contributed by atoms with Gasteiger partial charge in [-0.1, -0.05) is 29.8 Å². The highest BCUT2D eigenvalue weighted by Gasteiger charge is 2.51. The molecule has 2 saturated heterocycles. The number of rotatable bonds is 2. The zero-order chi connectivity index (χ0) is 15.9. The smallest absolute Gasteiger partial charge is 0.410 e. The van der Waals surface area contributed by atoms with E-state index in [0.717, 1.165) is 19.4 Å². The average molecular weight is 303 g/mol. The molecule has 2 aliphatic rings. The third-order valence-electron chi connectivity index (χ3n) is 4.20. The zero-order valence-corrected chi connectivity index (χ0v) is 13.8. The van der Waals surface area contributed by atoms with E-state index >= 15 is 0 Å². The monoisotopic (exact) mass is 303 g/mol. The number of benzene rings is 1. The standard InChI is InChI=1S/C18H25NO3/c1-12-7-5-8-13(11-12)15-16(21-15)14-9-6-10-19(14)17(20)22-18(2,3)4/h5,7-8,11,14-16H,6,9-10H2,1-4H3/t14-,15+,16+/m1/s1. The first-order chi connectivity index (χ1) is 10.3. The van der Waals surface area contributed by atoms with E-state index in [1.54, 1.807) is 0 Å². The predicted octanol–water partition coefficient (Wildman–Crippen LogP) is 3.83. The molecule has 0 aromatic heterocycles. The van der Waals surface area contributed by atoms with E-state index in [1.807, 2.05) is 25.7 Å². The van der Waals surface area contributed by atoms with Gasteiger partial charge in [-0.2, -0.15) is 0 Å². The zero-order valence-electron chi connectivity index (χ0n) is 13.8. The Bertz CT molecular complexity index is 564. The van der Waals surface area contributed by atoms with E-state index in [4.69, 9.17) is 9.47 Å². The SMILES string of the molecule is Cc1cccc([C@@H]2O[C@H]2[C@H]2CCCN2C(=O)OC(C)(C)C)c1. The second-order valence-electron chi connectivity index (χ2n) is 7.32. The number of nitrogens with zero attached hydrogens (tertiary/aromatic N) is 1. The fraction of sp³-hybridized carbons (Fsp3) is 0.611. The topological polar surface area (TPSA) is 42.1 Å². The predicted molar refractivity (Wildman–Crippen MR) is 84.8 cm³/mol. The van der Waals surface area contributed by atoms with Crippen LogP contribution in [-0.4, -0.2) is 35.3 Å². The van der Waals surface area contributed by atoms with Gasteiger partial charge in [-0.05, 0) is 46.1 Å². The van der Waals surface area contributed by atoms with Crippen LogP contribution in [0.2, 0.25) is 0 Å². The molecule has 3 atom stereocenters. The molecule has 0 N–H and O–H groups in total. The second kappa shape index (κ2) is 5.58. The molecule has 2 aliphatic heterocycles. The molecule has 2 heterocycles. The first kappa shape index (κ1) is 15.3. The molecule has 4 nitrogen and oxygen atoms in total. The lowest BCUT2D eigenvalue weighted by Crippen LogP contribution is -2.42. The van der Waals surface area contributed by atoms with Gasteiger partial charge in [0.1, 0.15) is 17.8 Å². The highest BCUT2D eigenvalue weighted by atomic mass is 16.6. The van der Waals surface area contributed by atoms with E-state index in [1.165, 1.54) is 11.1 Å². The summed E-state index contributed by atoms with van der Waals surface area (Å²) in [5.41, 5.74) is 1.99. The van der Waals surface area contributed by atoms with Crippen LogP contribution in [0.25, 0.3) is 0 Å². The Balaban J connectivity index is 1.66. The van der Waals surface area contributed by atoms with Gasteiger partial charge in [0.05, 0.1) is 6.04 Å². The summed E-state index contributed by atoms with van der Waals surface area (Å²) >= 11 is 0. The third-order valence-corrected chi connectivity index (χ3v) is 4.20. The molecule has 4 heteroatoms. The van der Waals surface area contributed by atoms with Crippen LogP contribution in [0.4, 0.5) is 4.79 Å². The average Bonchev–Trinajstić information content (AvgIpc) is 3.05. The van der Waals surface area contributed by atoms with Crippen LogP contribution in [-0.2, 0) is 9.47 Å². The quantitative estimate of drug-likeness (QED) is 0.780. The number of carbonyl (C=O) groups excluding carboxylic acids is 1. The first-order valence-corrected chi connectivity index (χ1v) is 8.07. The van der Waals surface area contributed by atoms with Gasteiger partial charge < -0.3 is 14.4 Å². The van der Waals surface area contributed by atoms with Crippen molar-refractivity contribution in [1.29, 1.82) is 0 Å². The number of epoxide rings is 1. The van der Waals surface area contributed by atoms with E-state index in [-0.39, 0.29) is 24.3 Å². The Labute approximate surface area is 132 Å². The lowest BCUT2D eigenvalue weighted by molar-refractivity contribution is 0.0204. The van der Waals surface area contributed by atoms with E-state index in [9.17, 15) is 4.79 Å². The third kappa shape index (κ3) is 3.27. The molecule has 0 bridgehead atoms. The Hall–Kier alpha value is -1.55. The Morgan fingerprint density at radius 1 is 1.36 bits per heavy atom. The maximum atomic E-state index is 12.3. The molecule has 1 amide bonds. The minimum absolute atomic E-state index is 0.108. The molecular weight excluding hydrogens is 278 g/mol. The van der Waals surface area contributed by atoms with E-state index in [2.05, 4.69) is 31.2 Å². The van der Waals surface area contributed by atoms with Gasteiger partial charge in [-0.25, -0.2) is 4.79 Å². The number of likely N-dealkylation sites (tertiary alicyclic amines) is 1. The molecule has 0 aliphatic carbocycles. The molecule has 1 aromatic carbocycles. The van der Waals surface area contributed by atoms with Crippen molar-refractivity contribution < 1.29 is 14.3 Å². The molecule has 0 unspecified atom stereocenters. The second-order valence-corrected chi connectivity index (χ2v) is 7.32. The maximum absolute atomic E-state index is 12.3. The van der Waals surface area contributed by atoms with Crippen molar-refractivity contribution in [3.8, 4) is 0 Å². The Kier molecular flexibility index (Phi) is 3.89. The molecule has 2 fully saturated rings.